The number of rotatable bonds is 5. The van der Waals surface area contributed by atoms with E-state index in [9.17, 15) is 19.5 Å². The van der Waals surface area contributed by atoms with Gasteiger partial charge < -0.3 is 20.0 Å². The summed E-state index contributed by atoms with van der Waals surface area (Å²) in [7, 11) is 0. The third-order valence-corrected chi connectivity index (χ3v) is 4.69. The van der Waals surface area contributed by atoms with Crippen molar-refractivity contribution in [3.8, 4) is 0 Å². The zero-order valence-electron chi connectivity index (χ0n) is 14.3. The Morgan fingerprint density at radius 3 is 2.64 bits per heavy atom. The van der Waals surface area contributed by atoms with Gasteiger partial charge in [0.15, 0.2) is 0 Å². The zero-order valence-corrected chi connectivity index (χ0v) is 16.6. The smallest absolute Gasteiger partial charge is 0.308 e. The molecule has 28 heavy (non-hydrogen) atoms. The number of benzene rings is 2. The summed E-state index contributed by atoms with van der Waals surface area (Å²) in [6.07, 6.45) is -2.44. The number of esters is 1. The first-order valence-electron chi connectivity index (χ1n) is 8.18. The average molecular weight is 465 g/mol. The van der Waals surface area contributed by atoms with Crippen LogP contribution in [0, 0.1) is 0 Å². The van der Waals surface area contributed by atoms with Gasteiger partial charge in [0, 0.05) is 26.6 Å². The van der Waals surface area contributed by atoms with E-state index < -0.39 is 36.9 Å². The summed E-state index contributed by atoms with van der Waals surface area (Å²) in [5, 5.41) is 13.6. The van der Waals surface area contributed by atoms with Crippen LogP contribution in [-0.2, 0) is 19.1 Å². The van der Waals surface area contributed by atoms with Crippen LogP contribution in [-0.4, -0.2) is 29.8 Å². The highest BCUT2D eigenvalue weighted by molar-refractivity contribution is 9.10. The number of nitrogens with one attached hydrogen (secondary N) is 1. The number of aliphatic carboxylic acids is 1. The molecule has 1 atom stereocenters. The fourth-order valence-electron chi connectivity index (χ4n) is 2.60. The third-order valence-electron chi connectivity index (χ3n) is 3.87. The summed E-state index contributed by atoms with van der Waals surface area (Å²) >= 11 is 9.71. The lowest BCUT2D eigenvalue weighted by molar-refractivity contribution is -0.305. The highest BCUT2D eigenvalue weighted by Gasteiger charge is 2.29. The fraction of sp³-hybridized carbons (Fsp3) is 0.158. The van der Waals surface area contributed by atoms with Crippen LogP contribution in [0.5, 0.6) is 0 Å². The summed E-state index contributed by atoms with van der Waals surface area (Å²) in [5.74, 6) is -2.93. The van der Waals surface area contributed by atoms with Crippen LogP contribution >= 0.6 is 27.5 Å². The lowest BCUT2D eigenvalue weighted by Crippen LogP contribution is -2.31. The Labute approximate surface area is 173 Å². The van der Waals surface area contributed by atoms with E-state index in [4.69, 9.17) is 16.3 Å². The summed E-state index contributed by atoms with van der Waals surface area (Å²) < 4.78 is 5.86. The van der Waals surface area contributed by atoms with E-state index in [1.54, 1.807) is 42.5 Å². The molecule has 1 aliphatic rings. The molecule has 144 valence electrons. The van der Waals surface area contributed by atoms with Gasteiger partial charge in [-0.2, -0.15) is 0 Å². The van der Waals surface area contributed by atoms with Crippen molar-refractivity contribution < 1.29 is 24.2 Å². The minimum absolute atomic E-state index is 0.359. The van der Waals surface area contributed by atoms with Gasteiger partial charge in [0.25, 0.3) is 12.1 Å². The number of aliphatic imine (C=N–C) groups is 1. The predicted octanol–water partition coefficient (Wildman–Crippen LogP) is 2.29. The van der Waals surface area contributed by atoms with E-state index in [1.165, 1.54) is 0 Å². The molecule has 2 aromatic rings. The molecule has 7 nitrogen and oxygen atoms in total. The van der Waals surface area contributed by atoms with Crippen LogP contribution in [0.1, 0.15) is 24.0 Å². The molecule has 1 N–H and O–H groups in total. The van der Waals surface area contributed by atoms with Gasteiger partial charge in [0.05, 0.1) is 17.8 Å². The normalized spacial score (nSPS) is 15.7. The number of amides is 1. The Hall–Kier alpha value is -2.71. The zero-order chi connectivity index (χ0) is 20.3. The van der Waals surface area contributed by atoms with E-state index in [0.29, 0.717) is 27.5 Å². The minimum atomic E-state index is -1.49. The molecule has 0 saturated carbocycles. The fourth-order valence-corrected chi connectivity index (χ4v) is 3.18. The SMILES string of the molecule is O=C([O-])CCC(=O)O[C@H]1N=C(c2ccccc2Cl)c2cc(Br)ccc2NC1=O. The molecule has 0 fully saturated rings. The van der Waals surface area contributed by atoms with Crippen LogP contribution < -0.4 is 10.4 Å². The van der Waals surface area contributed by atoms with Crippen LogP contribution in [0.2, 0.25) is 5.02 Å². The first-order chi connectivity index (χ1) is 13.3. The van der Waals surface area contributed by atoms with E-state index >= 15 is 0 Å². The third kappa shape index (κ3) is 4.58. The molecule has 0 bridgehead atoms. The second-order valence-electron chi connectivity index (χ2n) is 5.85. The molecule has 0 unspecified atom stereocenters. The average Bonchev–Trinajstić information content (AvgIpc) is 2.77. The molecule has 1 amide bonds. The lowest BCUT2D eigenvalue weighted by Gasteiger charge is -2.13. The van der Waals surface area contributed by atoms with Gasteiger partial charge in [-0.25, -0.2) is 4.99 Å². The number of fused-ring (bicyclic) bond motifs is 1. The maximum absolute atomic E-state index is 12.5. The number of halogens is 2. The van der Waals surface area contributed by atoms with Crippen LogP contribution in [0.25, 0.3) is 0 Å². The Balaban J connectivity index is 2.04. The summed E-state index contributed by atoms with van der Waals surface area (Å²) in [5.41, 5.74) is 1.97. The van der Waals surface area contributed by atoms with Crippen molar-refractivity contribution in [2.75, 3.05) is 5.32 Å². The van der Waals surface area contributed by atoms with Crippen LogP contribution in [0.15, 0.2) is 51.9 Å². The maximum Gasteiger partial charge on any atom is 0.308 e. The summed E-state index contributed by atoms with van der Waals surface area (Å²) in [6, 6.07) is 12.1. The molecule has 1 heterocycles. The molecular weight excluding hydrogens is 452 g/mol. The molecule has 0 radical (unpaired) electrons. The van der Waals surface area contributed by atoms with Gasteiger partial charge in [0.2, 0.25) is 0 Å². The predicted molar refractivity (Wildman–Crippen MR) is 104 cm³/mol. The standard InChI is InChI=1S/C19H14BrClN2O5/c20-10-5-6-14-12(9-10)17(11-3-1-2-4-13(11)21)23-19(18(27)22-14)28-16(26)8-7-15(24)25/h1-6,9,19H,7-8H2,(H,22,27)(H,24,25)/p-1/t19-/m1/s1. The van der Waals surface area contributed by atoms with Crippen molar-refractivity contribution in [2.45, 2.75) is 19.1 Å². The van der Waals surface area contributed by atoms with Crippen molar-refractivity contribution in [3.63, 3.8) is 0 Å². The number of carbonyl (C=O) groups is 3. The van der Waals surface area contributed by atoms with E-state index in [1.807, 2.05) is 0 Å². The highest BCUT2D eigenvalue weighted by atomic mass is 79.9. The van der Waals surface area contributed by atoms with E-state index in [-0.39, 0.29) is 0 Å². The van der Waals surface area contributed by atoms with Gasteiger partial charge in [-0.05, 0) is 30.7 Å². The quantitative estimate of drug-likeness (QED) is 0.683. The van der Waals surface area contributed by atoms with Crippen molar-refractivity contribution in [3.05, 3.63) is 63.1 Å². The minimum Gasteiger partial charge on any atom is -0.550 e. The molecular formula is C19H13BrClN2O5-. The Morgan fingerprint density at radius 2 is 1.93 bits per heavy atom. The first-order valence-corrected chi connectivity index (χ1v) is 9.35. The van der Waals surface area contributed by atoms with Gasteiger partial charge in [0.1, 0.15) is 0 Å². The van der Waals surface area contributed by atoms with Crippen molar-refractivity contribution in [2.24, 2.45) is 4.99 Å². The second kappa shape index (κ2) is 8.53. The Bertz CT molecular complexity index is 992. The second-order valence-corrected chi connectivity index (χ2v) is 7.17. The van der Waals surface area contributed by atoms with Gasteiger partial charge in [-0.1, -0.05) is 45.7 Å². The highest BCUT2D eigenvalue weighted by Crippen LogP contribution is 2.30. The number of ether oxygens (including phenoxy) is 1. The number of nitrogens with zero attached hydrogens (tertiary/aromatic N) is 1. The summed E-state index contributed by atoms with van der Waals surface area (Å²) in [6.45, 7) is 0. The summed E-state index contributed by atoms with van der Waals surface area (Å²) in [4.78, 5) is 39.3. The Morgan fingerprint density at radius 1 is 1.18 bits per heavy atom. The number of carbonyl (C=O) groups excluding carboxylic acids is 3. The van der Waals surface area contributed by atoms with Gasteiger partial charge in [-0.15, -0.1) is 0 Å². The number of hydrogen-bond donors (Lipinski definition) is 1. The number of carboxylic acid groups (broad SMARTS) is 1. The van der Waals surface area contributed by atoms with Gasteiger partial charge >= 0.3 is 5.97 Å². The monoisotopic (exact) mass is 463 g/mol. The van der Waals surface area contributed by atoms with Crippen LogP contribution in [0.3, 0.4) is 0 Å². The number of hydrogen-bond acceptors (Lipinski definition) is 6. The number of benzodiazepines with no additional fused rings is 1. The van der Waals surface area contributed by atoms with Crippen molar-refractivity contribution in [1.82, 2.24) is 0 Å². The number of carboxylic acids is 1. The van der Waals surface area contributed by atoms with Crippen molar-refractivity contribution in [1.29, 1.82) is 0 Å². The first kappa shape index (κ1) is 20.0. The number of anilines is 1. The molecule has 0 aliphatic carbocycles. The molecule has 2 aromatic carbocycles. The topological polar surface area (TPSA) is 108 Å². The van der Waals surface area contributed by atoms with E-state index in [0.717, 1.165) is 4.47 Å². The Kier molecular flexibility index (Phi) is 6.11. The maximum atomic E-state index is 12.5. The molecule has 0 saturated heterocycles. The molecule has 9 heteroatoms. The lowest BCUT2D eigenvalue weighted by atomic mass is 10.0. The van der Waals surface area contributed by atoms with Crippen LogP contribution in [0.4, 0.5) is 5.69 Å². The molecule has 1 aliphatic heterocycles. The molecule has 3 rings (SSSR count). The van der Waals surface area contributed by atoms with Crippen molar-refractivity contribution >= 4 is 56.8 Å². The van der Waals surface area contributed by atoms with E-state index in [2.05, 4.69) is 26.2 Å². The largest absolute Gasteiger partial charge is 0.550 e. The molecule has 0 aromatic heterocycles. The van der Waals surface area contributed by atoms with Gasteiger partial charge in [-0.3, -0.25) is 9.59 Å². The molecule has 0 spiro atoms.